The maximum absolute atomic E-state index is 12.2. The fourth-order valence-corrected chi connectivity index (χ4v) is 3.13. The average Bonchev–Trinajstić information content (AvgIpc) is 2.61. The Labute approximate surface area is 147 Å². The van der Waals surface area contributed by atoms with E-state index in [4.69, 9.17) is 4.74 Å². The predicted molar refractivity (Wildman–Crippen MR) is 96.5 cm³/mol. The minimum atomic E-state index is -0.132. The lowest BCUT2D eigenvalue weighted by Gasteiger charge is -2.26. The van der Waals surface area contributed by atoms with Crippen molar-refractivity contribution in [3.8, 4) is 5.75 Å². The van der Waals surface area contributed by atoms with Crippen molar-refractivity contribution in [2.75, 3.05) is 11.9 Å². The van der Waals surface area contributed by atoms with E-state index >= 15 is 0 Å². The van der Waals surface area contributed by atoms with Crippen molar-refractivity contribution < 1.29 is 14.3 Å². The first-order valence-electron chi connectivity index (χ1n) is 8.49. The first-order valence-corrected chi connectivity index (χ1v) is 8.49. The van der Waals surface area contributed by atoms with E-state index in [0.717, 1.165) is 19.3 Å². The third-order valence-corrected chi connectivity index (χ3v) is 4.25. The normalized spacial score (nSPS) is 15.8. The minimum absolute atomic E-state index is 0.0296. The predicted octanol–water partition coefficient (Wildman–Crippen LogP) is 3.22. The van der Waals surface area contributed by atoms with Crippen LogP contribution in [0.4, 0.5) is 5.69 Å². The molecule has 0 aromatic heterocycles. The third kappa shape index (κ3) is 4.59. The van der Waals surface area contributed by atoms with Gasteiger partial charge in [0.05, 0.1) is 6.04 Å². The second-order valence-corrected chi connectivity index (χ2v) is 6.21. The fraction of sp³-hybridized carbons (Fsp3) is 0.300. The number of aryl methyl sites for hydroxylation is 1. The van der Waals surface area contributed by atoms with E-state index in [9.17, 15) is 9.59 Å². The second-order valence-electron chi connectivity index (χ2n) is 6.21. The Hall–Kier alpha value is -2.82. The van der Waals surface area contributed by atoms with Gasteiger partial charge in [0, 0.05) is 12.6 Å². The number of amides is 2. The molecule has 0 bridgehead atoms. The molecule has 5 nitrogen and oxygen atoms in total. The Morgan fingerprint density at radius 3 is 2.64 bits per heavy atom. The first kappa shape index (κ1) is 17.0. The number of fused-ring (bicyclic) bond motifs is 1. The number of hydrogen-bond acceptors (Lipinski definition) is 3. The van der Waals surface area contributed by atoms with Crippen molar-refractivity contribution in [2.24, 2.45) is 0 Å². The van der Waals surface area contributed by atoms with Gasteiger partial charge in [-0.2, -0.15) is 0 Å². The van der Waals surface area contributed by atoms with Gasteiger partial charge in [-0.1, -0.05) is 24.3 Å². The van der Waals surface area contributed by atoms with Crippen LogP contribution < -0.4 is 15.4 Å². The molecule has 5 heteroatoms. The first-order chi connectivity index (χ1) is 12.1. The van der Waals surface area contributed by atoms with Gasteiger partial charge in [0.15, 0.2) is 6.61 Å². The minimum Gasteiger partial charge on any atom is -0.484 e. The molecule has 1 aliphatic carbocycles. The number of rotatable bonds is 5. The summed E-state index contributed by atoms with van der Waals surface area (Å²) in [5, 5.41) is 5.75. The summed E-state index contributed by atoms with van der Waals surface area (Å²) >= 11 is 0. The van der Waals surface area contributed by atoms with Crippen molar-refractivity contribution >= 4 is 17.5 Å². The highest BCUT2D eigenvalue weighted by Crippen LogP contribution is 2.29. The molecule has 0 saturated carbocycles. The van der Waals surface area contributed by atoms with Gasteiger partial charge in [-0.3, -0.25) is 9.59 Å². The summed E-state index contributed by atoms with van der Waals surface area (Å²) in [4.78, 5) is 23.2. The molecule has 2 N–H and O–H groups in total. The van der Waals surface area contributed by atoms with Crippen LogP contribution in [0.1, 0.15) is 36.9 Å². The van der Waals surface area contributed by atoms with E-state index in [1.165, 1.54) is 18.1 Å². The maximum atomic E-state index is 12.2. The van der Waals surface area contributed by atoms with Crippen LogP contribution in [-0.4, -0.2) is 18.4 Å². The summed E-state index contributed by atoms with van der Waals surface area (Å²) in [6, 6.07) is 15.3. The zero-order chi connectivity index (χ0) is 17.6. The quantitative estimate of drug-likeness (QED) is 0.879. The van der Waals surface area contributed by atoms with E-state index in [-0.39, 0.29) is 24.5 Å². The van der Waals surface area contributed by atoms with Gasteiger partial charge in [-0.15, -0.1) is 0 Å². The van der Waals surface area contributed by atoms with Crippen molar-refractivity contribution in [2.45, 2.75) is 32.2 Å². The molecule has 0 aliphatic heterocycles. The highest BCUT2D eigenvalue weighted by molar-refractivity contribution is 5.88. The number of carbonyl (C=O) groups excluding carboxylic acids is 2. The van der Waals surface area contributed by atoms with Crippen LogP contribution in [0.2, 0.25) is 0 Å². The van der Waals surface area contributed by atoms with Gasteiger partial charge in [0.25, 0.3) is 5.91 Å². The molecule has 0 fully saturated rings. The SMILES string of the molecule is CC(=O)Nc1ccc(OCC(=O)N[C@H]2CCCc3ccccc32)cc1. The lowest BCUT2D eigenvalue weighted by Crippen LogP contribution is -2.34. The van der Waals surface area contributed by atoms with Crippen LogP contribution in [0.5, 0.6) is 5.75 Å². The smallest absolute Gasteiger partial charge is 0.258 e. The van der Waals surface area contributed by atoms with Gasteiger partial charge in [0.2, 0.25) is 5.91 Å². The largest absolute Gasteiger partial charge is 0.484 e. The Kier molecular flexibility index (Phi) is 5.33. The maximum Gasteiger partial charge on any atom is 0.258 e. The standard InChI is InChI=1S/C20H22N2O3/c1-14(23)21-16-9-11-17(12-10-16)25-13-20(24)22-19-8-4-6-15-5-2-3-7-18(15)19/h2-3,5,7,9-12,19H,4,6,8,13H2,1H3,(H,21,23)(H,22,24)/t19-/m0/s1. The molecule has 0 heterocycles. The molecule has 2 aromatic carbocycles. The van der Waals surface area contributed by atoms with Gasteiger partial charge in [0.1, 0.15) is 5.75 Å². The van der Waals surface area contributed by atoms with Crippen molar-refractivity contribution in [1.82, 2.24) is 5.32 Å². The number of hydrogen-bond donors (Lipinski definition) is 2. The molecule has 0 unspecified atom stereocenters. The number of nitrogens with one attached hydrogen (secondary N) is 2. The molecule has 0 radical (unpaired) electrons. The molecule has 2 amide bonds. The Morgan fingerprint density at radius 1 is 1.12 bits per heavy atom. The zero-order valence-electron chi connectivity index (χ0n) is 14.2. The summed E-state index contributed by atoms with van der Waals surface area (Å²) in [6.45, 7) is 1.43. The molecule has 3 rings (SSSR count). The Balaban J connectivity index is 1.53. The van der Waals surface area contributed by atoms with Crippen LogP contribution in [0.15, 0.2) is 48.5 Å². The van der Waals surface area contributed by atoms with Gasteiger partial charge < -0.3 is 15.4 Å². The van der Waals surface area contributed by atoms with E-state index in [1.54, 1.807) is 24.3 Å². The van der Waals surface area contributed by atoms with Crippen molar-refractivity contribution in [3.63, 3.8) is 0 Å². The number of ether oxygens (including phenoxy) is 1. The summed E-state index contributed by atoms with van der Waals surface area (Å²) < 4.78 is 5.53. The third-order valence-electron chi connectivity index (χ3n) is 4.25. The molecule has 25 heavy (non-hydrogen) atoms. The van der Waals surface area contributed by atoms with E-state index in [2.05, 4.69) is 22.8 Å². The lowest BCUT2D eigenvalue weighted by molar-refractivity contribution is -0.124. The Bertz CT molecular complexity index is 756. The van der Waals surface area contributed by atoms with E-state index < -0.39 is 0 Å². The molecule has 1 aliphatic rings. The summed E-state index contributed by atoms with van der Waals surface area (Å²) in [5.41, 5.74) is 3.22. The molecule has 2 aromatic rings. The number of benzene rings is 2. The number of carbonyl (C=O) groups is 2. The highest BCUT2D eigenvalue weighted by atomic mass is 16.5. The van der Waals surface area contributed by atoms with Crippen LogP contribution in [0.25, 0.3) is 0 Å². The highest BCUT2D eigenvalue weighted by Gasteiger charge is 2.21. The van der Waals surface area contributed by atoms with E-state index in [1.807, 2.05) is 12.1 Å². The van der Waals surface area contributed by atoms with Crippen LogP contribution in [-0.2, 0) is 16.0 Å². The van der Waals surface area contributed by atoms with Gasteiger partial charge in [-0.05, 0) is 54.7 Å². The second kappa shape index (κ2) is 7.83. The van der Waals surface area contributed by atoms with E-state index in [0.29, 0.717) is 11.4 Å². The zero-order valence-corrected chi connectivity index (χ0v) is 14.2. The summed E-state index contributed by atoms with van der Waals surface area (Å²) in [7, 11) is 0. The molecular formula is C20H22N2O3. The van der Waals surface area contributed by atoms with Crippen molar-refractivity contribution in [3.05, 3.63) is 59.7 Å². The van der Waals surface area contributed by atoms with Crippen LogP contribution >= 0.6 is 0 Å². The number of anilines is 1. The molecule has 1 atom stereocenters. The van der Waals surface area contributed by atoms with Gasteiger partial charge in [-0.25, -0.2) is 0 Å². The average molecular weight is 338 g/mol. The molecular weight excluding hydrogens is 316 g/mol. The molecule has 130 valence electrons. The fourth-order valence-electron chi connectivity index (χ4n) is 3.13. The van der Waals surface area contributed by atoms with Gasteiger partial charge >= 0.3 is 0 Å². The lowest BCUT2D eigenvalue weighted by atomic mass is 9.88. The topological polar surface area (TPSA) is 67.4 Å². The summed E-state index contributed by atoms with van der Waals surface area (Å²) in [5.74, 6) is 0.335. The monoisotopic (exact) mass is 338 g/mol. The molecule has 0 spiro atoms. The van der Waals surface area contributed by atoms with Crippen LogP contribution in [0, 0.1) is 0 Å². The van der Waals surface area contributed by atoms with Crippen LogP contribution in [0.3, 0.4) is 0 Å². The summed E-state index contributed by atoms with van der Waals surface area (Å²) in [6.07, 6.45) is 3.10. The molecule has 0 saturated heterocycles. The van der Waals surface area contributed by atoms with Crippen molar-refractivity contribution in [1.29, 1.82) is 0 Å². The Morgan fingerprint density at radius 2 is 1.88 bits per heavy atom.